The van der Waals surface area contributed by atoms with Crippen LogP contribution in [0.3, 0.4) is 0 Å². The lowest BCUT2D eigenvalue weighted by molar-refractivity contribution is -0.139. The first-order chi connectivity index (χ1) is 11.9. The van der Waals surface area contributed by atoms with Gasteiger partial charge in [0, 0.05) is 37.8 Å². The third-order valence-corrected chi connectivity index (χ3v) is 5.26. The van der Waals surface area contributed by atoms with Crippen molar-refractivity contribution in [2.75, 3.05) is 32.7 Å². The summed E-state index contributed by atoms with van der Waals surface area (Å²) in [5.74, 6) is -0.108. The zero-order valence-electron chi connectivity index (χ0n) is 15.8. The number of likely N-dealkylation sites (N-methyl/N-ethyl adjacent to an activating group) is 1. The molecule has 1 saturated carbocycles. The van der Waals surface area contributed by atoms with Crippen LogP contribution < -0.4 is 10.6 Å². The number of carboxylic acid groups (broad SMARTS) is 1. The topological polar surface area (TPSA) is 84.9 Å². The SMILES string of the molecule is CCN(CC(=O)O)C1CC(NC(=O)NC2CCN(CC(C)C)CC2)C1. The summed E-state index contributed by atoms with van der Waals surface area (Å²) in [6, 6.07) is 0.616. The van der Waals surface area contributed by atoms with Gasteiger partial charge in [-0.15, -0.1) is 0 Å². The molecule has 144 valence electrons. The molecule has 1 aliphatic carbocycles. The van der Waals surface area contributed by atoms with E-state index in [1.54, 1.807) is 0 Å². The number of piperidine rings is 1. The summed E-state index contributed by atoms with van der Waals surface area (Å²) >= 11 is 0. The molecule has 0 aromatic rings. The van der Waals surface area contributed by atoms with Crippen LogP contribution in [0, 0.1) is 5.92 Å². The molecule has 2 amide bonds. The Labute approximate surface area is 151 Å². The van der Waals surface area contributed by atoms with E-state index in [1.165, 1.54) is 0 Å². The number of hydrogen-bond donors (Lipinski definition) is 3. The van der Waals surface area contributed by atoms with E-state index in [9.17, 15) is 9.59 Å². The largest absolute Gasteiger partial charge is 0.480 e. The minimum atomic E-state index is -0.792. The van der Waals surface area contributed by atoms with Gasteiger partial charge >= 0.3 is 12.0 Å². The maximum atomic E-state index is 12.2. The first-order valence-corrected chi connectivity index (χ1v) is 9.62. The highest BCUT2D eigenvalue weighted by Crippen LogP contribution is 2.25. The predicted octanol–water partition coefficient (Wildman–Crippen LogP) is 1.34. The molecule has 0 aromatic heterocycles. The van der Waals surface area contributed by atoms with E-state index in [-0.39, 0.29) is 30.7 Å². The van der Waals surface area contributed by atoms with E-state index in [4.69, 9.17) is 5.11 Å². The van der Waals surface area contributed by atoms with Gasteiger partial charge in [0.2, 0.25) is 0 Å². The Morgan fingerprint density at radius 1 is 1.16 bits per heavy atom. The number of amides is 2. The second-order valence-electron chi connectivity index (χ2n) is 7.87. The van der Waals surface area contributed by atoms with Crippen LogP contribution in [0.4, 0.5) is 4.79 Å². The van der Waals surface area contributed by atoms with Gasteiger partial charge in [0.1, 0.15) is 0 Å². The minimum Gasteiger partial charge on any atom is -0.480 e. The molecular formula is C18H34N4O3. The van der Waals surface area contributed by atoms with Crippen LogP contribution in [0.5, 0.6) is 0 Å². The molecule has 1 saturated heterocycles. The summed E-state index contributed by atoms with van der Waals surface area (Å²) in [7, 11) is 0. The van der Waals surface area contributed by atoms with E-state index in [1.807, 2.05) is 11.8 Å². The number of hydrogen-bond acceptors (Lipinski definition) is 4. The molecule has 0 unspecified atom stereocenters. The molecule has 0 radical (unpaired) electrons. The van der Waals surface area contributed by atoms with Gasteiger partial charge in [-0.25, -0.2) is 4.79 Å². The fourth-order valence-electron chi connectivity index (χ4n) is 3.87. The zero-order chi connectivity index (χ0) is 18.4. The van der Waals surface area contributed by atoms with Crippen LogP contribution in [0.1, 0.15) is 46.5 Å². The second-order valence-corrected chi connectivity index (χ2v) is 7.87. The average Bonchev–Trinajstić information content (AvgIpc) is 2.49. The van der Waals surface area contributed by atoms with Crippen molar-refractivity contribution >= 4 is 12.0 Å². The highest BCUT2D eigenvalue weighted by molar-refractivity contribution is 5.74. The number of carbonyl (C=O) groups is 2. The summed E-state index contributed by atoms with van der Waals surface area (Å²) < 4.78 is 0. The third-order valence-electron chi connectivity index (χ3n) is 5.26. The molecule has 1 aliphatic heterocycles. The van der Waals surface area contributed by atoms with Crippen LogP contribution in [0.2, 0.25) is 0 Å². The van der Waals surface area contributed by atoms with Crippen LogP contribution in [-0.4, -0.2) is 77.8 Å². The summed E-state index contributed by atoms with van der Waals surface area (Å²) in [5, 5.41) is 15.0. The fraction of sp³-hybridized carbons (Fsp3) is 0.889. The summed E-state index contributed by atoms with van der Waals surface area (Å²) in [4.78, 5) is 27.4. The Bertz CT molecular complexity index is 444. The van der Waals surface area contributed by atoms with E-state index >= 15 is 0 Å². The van der Waals surface area contributed by atoms with Gasteiger partial charge in [-0.1, -0.05) is 20.8 Å². The molecule has 0 aromatic carbocycles. The molecule has 2 aliphatic rings. The smallest absolute Gasteiger partial charge is 0.317 e. The molecule has 3 N–H and O–H groups in total. The van der Waals surface area contributed by atoms with E-state index in [0.717, 1.165) is 51.9 Å². The van der Waals surface area contributed by atoms with Crippen molar-refractivity contribution in [3.63, 3.8) is 0 Å². The molecule has 0 spiro atoms. The van der Waals surface area contributed by atoms with Gasteiger partial charge in [0.05, 0.1) is 6.54 Å². The van der Waals surface area contributed by atoms with Gasteiger partial charge in [-0.05, 0) is 38.1 Å². The molecule has 1 heterocycles. The number of aliphatic carboxylic acids is 1. The van der Waals surface area contributed by atoms with Crippen LogP contribution in [-0.2, 0) is 4.79 Å². The number of carboxylic acids is 1. The molecule has 0 atom stereocenters. The monoisotopic (exact) mass is 354 g/mol. The van der Waals surface area contributed by atoms with Gasteiger partial charge in [-0.3, -0.25) is 9.69 Å². The molecule has 2 rings (SSSR count). The number of nitrogens with zero attached hydrogens (tertiary/aromatic N) is 2. The van der Waals surface area contributed by atoms with Gasteiger partial charge in [0.15, 0.2) is 0 Å². The lowest BCUT2D eigenvalue weighted by Gasteiger charge is -2.42. The van der Waals surface area contributed by atoms with Crippen molar-refractivity contribution in [3.8, 4) is 0 Å². The second kappa shape index (κ2) is 9.38. The van der Waals surface area contributed by atoms with Gasteiger partial charge < -0.3 is 20.6 Å². The number of likely N-dealkylation sites (tertiary alicyclic amines) is 1. The summed E-state index contributed by atoms with van der Waals surface area (Å²) in [5.41, 5.74) is 0. The Morgan fingerprint density at radius 3 is 2.28 bits per heavy atom. The first-order valence-electron chi connectivity index (χ1n) is 9.62. The Balaban J connectivity index is 1.62. The normalized spacial score (nSPS) is 25.0. The van der Waals surface area contributed by atoms with Crippen molar-refractivity contribution < 1.29 is 14.7 Å². The number of urea groups is 1. The maximum Gasteiger partial charge on any atom is 0.317 e. The van der Waals surface area contributed by atoms with E-state index in [0.29, 0.717) is 5.92 Å². The Kier molecular flexibility index (Phi) is 7.50. The van der Waals surface area contributed by atoms with E-state index in [2.05, 4.69) is 29.4 Å². The quantitative estimate of drug-likeness (QED) is 0.613. The number of nitrogens with one attached hydrogen (secondary N) is 2. The average molecular weight is 354 g/mol. The summed E-state index contributed by atoms with van der Waals surface area (Å²) in [6.45, 7) is 10.5. The zero-order valence-corrected chi connectivity index (χ0v) is 15.8. The van der Waals surface area contributed by atoms with E-state index < -0.39 is 5.97 Å². The molecule has 2 fully saturated rings. The maximum absolute atomic E-state index is 12.2. The van der Waals surface area contributed by atoms with Crippen molar-refractivity contribution in [1.82, 2.24) is 20.4 Å². The third kappa shape index (κ3) is 6.47. The Morgan fingerprint density at radius 2 is 1.76 bits per heavy atom. The first kappa shape index (κ1) is 20.0. The minimum absolute atomic E-state index is 0.0768. The standard InChI is InChI=1S/C18H34N4O3/c1-4-22(12-17(23)24)16-9-15(10-16)20-18(25)19-14-5-7-21(8-6-14)11-13(2)3/h13-16H,4-12H2,1-3H3,(H,23,24)(H2,19,20,25). The molecule has 25 heavy (non-hydrogen) atoms. The fourth-order valence-corrected chi connectivity index (χ4v) is 3.87. The summed E-state index contributed by atoms with van der Waals surface area (Å²) in [6.07, 6.45) is 3.69. The number of carbonyl (C=O) groups excluding carboxylic acids is 1. The van der Waals surface area contributed by atoms with Crippen LogP contribution >= 0.6 is 0 Å². The van der Waals surface area contributed by atoms with Crippen molar-refractivity contribution in [2.24, 2.45) is 5.92 Å². The molecule has 0 bridgehead atoms. The van der Waals surface area contributed by atoms with Crippen molar-refractivity contribution in [1.29, 1.82) is 0 Å². The van der Waals surface area contributed by atoms with Crippen LogP contribution in [0.15, 0.2) is 0 Å². The van der Waals surface area contributed by atoms with Crippen LogP contribution in [0.25, 0.3) is 0 Å². The highest BCUT2D eigenvalue weighted by Gasteiger charge is 2.35. The Hall–Kier alpha value is -1.34. The molecule has 7 heteroatoms. The highest BCUT2D eigenvalue weighted by atomic mass is 16.4. The number of rotatable bonds is 8. The van der Waals surface area contributed by atoms with Crippen molar-refractivity contribution in [3.05, 3.63) is 0 Å². The predicted molar refractivity (Wildman–Crippen MR) is 97.7 cm³/mol. The van der Waals surface area contributed by atoms with Crippen molar-refractivity contribution in [2.45, 2.75) is 64.6 Å². The molecular weight excluding hydrogens is 320 g/mol. The lowest BCUT2D eigenvalue weighted by atomic mass is 9.85. The molecule has 7 nitrogen and oxygen atoms in total. The van der Waals surface area contributed by atoms with Gasteiger partial charge in [0.25, 0.3) is 0 Å². The van der Waals surface area contributed by atoms with Gasteiger partial charge in [-0.2, -0.15) is 0 Å². The lowest BCUT2D eigenvalue weighted by Crippen LogP contribution is -2.57.